The van der Waals surface area contributed by atoms with Crippen LogP contribution in [0.2, 0.25) is 0 Å². The van der Waals surface area contributed by atoms with Crippen molar-refractivity contribution in [2.75, 3.05) is 0 Å². The topological polar surface area (TPSA) is 51.8 Å². The molecule has 0 fully saturated rings. The highest BCUT2D eigenvalue weighted by molar-refractivity contribution is 7.08. The molecule has 0 aliphatic carbocycles. The normalized spacial score (nSPS) is 12.8. The van der Waals surface area contributed by atoms with Crippen LogP contribution in [-0.4, -0.2) is 9.59 Å². The molecule has 1 atom stereocenters. The number of thiophene rings is 1. The Hall–Kier alpha value is -0.780. The van der Waals surface area contributed by atoms with Crippen LogP contribution in [0, 0.1) is 0 Å². The number of nitrogens with two attached hydrogens (primary N) is 1. The van der Waals surface area contributed by atoms with Crippen LogP contribution in [0.5, 0.6) is 0 Å². The lowest BCUT2D eigenvalue weighted by atomic mass is 10.0. The minimum Gasteiger partial charge on any atom is -0.323 e. The second-order valence-electron chi connectivity index (χ2n) is 4.11. The molecular weight excluding hydrogens is 250 g/mol. The Morgan fingerprint density at radius 2 is 2.29 bits per heavy atom. The molecule has 2 heterocycles. The van der Waals surface area contributed by atoms with E-state index in [-0.39, 0.29) is 6.04 Å². The summed E-state index contributed by atoms with van der Waals surface area (Å²) >= 11 is 3.19. The third-order valence-electron chi connectivity index (χ3n) is 2.73. The van der Waals surface area contributed by atoms with Gasteiger partial charge in [-0.25, -0.2) is 0 Å². The van der Waals surface area contributed by atoms with Crippen molar-refractivity contribution in [2.24, 2.45) is 5.73 Å². The van der Waals surface area contributed by atoms with Crippen LogP contribution in [0.15, 0.2) is 16.8 Å². The number of aromatic nitrogens is 2. The Balaban J connectivity index is 1.94. The standard InChI is InChI=1S/C12H17N3S2/c1-2-3-11-12(17-15-14-11)10(13)5-4-9-6-7-16-8-9/h6-8,10H,2-5,13H2,1H3. The third kappa shape index (κ3) is 3.34. The SMILES string of the molecule is CCCc1nnsc1C(N)CCc1ccsc1. The first-order chi connectivity index (χ1) is 8.31. The van der Waals surface area contributed by atoms with Crippen LogP contribution >= 0.6 is 22.9 Å². The molecule has 2 aromatic rings. The van der Waals surface area contributed by atoms with Gasteiger partial charge in [-0.3, -0.25) is 0 Å². The molecule has 0 aliphatic heterocycles. The predicted octanol–water partition coefficient (Wildman–Crippen LogP) is 3.18. The van der Waals surface area contributed by atoms with E-state index in [4.69, 9.17) is 5.73 Å². The molecule has 0 amide bonds. The molecule has 0 aromatic carbocycles. The zero-order chi connectivity index (χ0) is 12.1. The van der Waals surface area contributed by atoms with Crippen molar-refractivity contribution in [3.05, 3.63) is 33.0 Å². The van der Waals surface area contributed by atoms with Gasteiger partial charge in [0.1, 0.15) is 0 Å². The lowest BCUT2D eigenvalue weighted by Crippen LogP contribution is -2.11. The van der Waals surface area contributed by atoms with Crippen molar-refractivity contribution < 1.29 is 0 Å². The highest BCUT2D eigenvalue weighted by Gasteiger charge is 2.15. The van der Waals surface area contributed by atoms with Gasteiger partial charge in [0.25, 0.3) is 0 Å². The molecule has 1 unspecified atom stereocenters. The highest BCUT2D eigenvalue weighted by atomic mass is 32.1. The van der Waals surface area contributed by atoms with Crippen molar-refractivity contribution in [3.8, 4) is 0 Å². The van der Waals surface area contributed by atoms with Crippen LogP contribution in [0.3, 0.4) is 0 Å². The minimum atomic E-state index is 0.0800. The van der Waals surface area contributed by atoms with Crippen molar-refractivity contribution in [2.45, 2.75) is 38.6 Å². The predicted molar refractivity (Wildman–Crippen MR) is 73.5 cm³/mol. The van der Waals surface area contributed by atoms with Gasteiger partial charge in [0.2, 0.25) is 0 Å². The van der Waals surface area contributed by atoms with Crippen LogP contribution in [0.25, 0.3) is 0 Å². The average Bonchev–Trinajstić information content (AvgIpc) is 2.97. The van der Waals surface area contributed by atoms with E-state index in [0.717, 1.165) is 31.4 Å². The average molecular weight is 267 g/mol. The van der Waals surface area contributed by atoms with Crippen molar-refractivity contribution in [1.82, 2.24) is 9.59 Å². The first-order valence-corrected chi connectivity index (χ1v) is 7.60. The van der Waals surface area contributed by atoms with Gasteiger partial charge in [-0.2, -0.15) is 11.3 Å². The molecule has 0 radical (unpaired) electrons. The van der Waals surface area contributed by atoms with E-state index in [0.29, 0.717) is 0 Å². The molecule has 2 N–H and O–H groups in total. The number of aryl methyl sites for hydroxylation is 2. The second kappa shape index (κ2) is 6.23. The number of nitrogens with zero attached hydrogens (tertiary/aromatic N) is 2. The van der Waals surface area contributed by atoms with Crippen LogP contribution < -0.4 is 5.73 Å². The van der Waals surface area contributed by atoms with E-state index in [1.54, 1.807) is 11.3 Å². The van der Waals surface area contributed by atoms with Gasteiger partial charge in [0.15, 0.2) is 0 Å². The first-order valence-electron chi connectivity index (χ1n) is 5.89. The zero-order valence-electron chi connectivity index (χ0n) is 9.93. The van der Waals surface area contributed by atoms with Crippen LogP contribution in [0.4, 0.5) is 0 Å². The van der Waals surface area contributed by atoms with Crippen LogP contribution in [-0.2, 0) is 12.8 Å². The third-order valence-corrected chi connectivity index (χ3v) is 4.36. The lowest BCUT2D eigenvalue weighted by molar-refractivity contribution is 0.651. The van der Waals surface area contributed by atoms with Crippen LogP contribution in [0.1, 0.15) is 41.9 Å². The van der Waals surface area contributed by atoms with E-state index in [9.17, 15) is 0 Å². The smallest absolute Gasteiger partial charge is 0.0803 e. The first kappa shape index (κ1) is 12.7. The van der Waals surface area contributed by atoms with Gasteiger partial charge in [-0.05, 0) is 53.2 Å². The maximum atomic E-state index is 6.22. The van der Waals surface area contributed by atoms with E-state index >= 15 is 0 Å². The van der Waals surface area contributed by atoms with Gasteiger partial charge in [0.05, 0.1) is 10.6 Å². The fourth-order valence-electron chi connectivity index (χ4n) is 1.80. The molecule has 17 heavy (non-hydrogen) atoms. The summed E-state index contributed by atoms with van der Waals surface area (Å²) in [7, 11) is 0. The summed E-state index contributed by atoms with van der Waals surface area (Å²) in [6, 6.07) is 2.24. The Labute approximate surface area is 110 Å². The van der Waals surface area contributed by atoms with Crippen molar-refractivity contribution >= 4 is 22.9 Å². The molecule has 2 aromatic heterocycles. The van der Waals surface area contributed by atoms with Crippen molar-refractivity contribution in [1.29, 1.82) is 0 Å². The Morgan fingerprint density at radius 1 is 1.41 bits per heavy atom. The molecular formula is C12H17N3S2. The molecule has 0 saturated heterocycles. The molecule has 0 bridgehead atoms. The van der Waals surface area contributed by atoms with E-state index in [2.05, 4.69) is 33.3 Å². The van der Waals surface area contributed by atoms with E-state index in [1.165, 1.54) is 22.0 Å². The molecule has 5 heteroatoms. The Morgan fingerprint density at radius 3 is 3.00 bits per heavy atom. The summed E-state index contributed by atoms with van der Waals surface area (Å²) in [5.41, 5.74) is 8.69. The number of hydrogen-bond acceptors (Lipinski definition) is 5. The highest BCUT2D eigenvalue weighted by Crippen LogP contribution is 2.24. The lowest BCUT2D eigenvalue weighted by Gasteiger charge is -2.09. The summed E-state index contributed by atoms with van der Waals surface area (Å²) < 4.78 is 4.02. The van der Waals surface area contributed by atoms with Crippen molar-refractivity contribution in [3.63, 3.8) is 0 Å². The molecule has 0 saturated carbocycles. The Bertz CT molecular complexity index is 436. The van der Waals surface area contributed by atoms with E-state index in [1.807, 2.05) is 0 Å². The van der Waals surface area contributed by atoms with E-state index < -0.39 is 0 Å². The summed E-state index contributed by atoms with van der Waals surface area (Å²) in [6.45, 7) is 2.15. The maximum absolute atomic E-state index is 6.22. The quantitative estimate of drug-likeness (QED) is 0.874. The zero-order valence-corrected chi connectivity index (χ0v) is 11.6. The molecule has 3 nitrogen and oxygen atoms in total. The second-order valence-corrected chi connectivity index (χ2v) is 5.68. The summed E-state index contributed by atoms with van der Waals surface area (Å²) in [5, 5.41) is 8.46. The molecule has 92 valence electrons. The minimum absolute atomic E-state index is 0.0800. The molecule has 2 rings (SSSR count). The van der Waals surface area contributed by atoms with Gasteiger partial charge >= 0.3 is 0 Å². The summed E-state index contributed by atoms with van der Waals surface area (Å²) in [6.07, 6.45) is 4.08. The van der Waals surface area contributed by atoms with Gasteiger partial charge in [-0.15, -0.1) is 5.10 Å². The summed E-state index contributed by atoms with van der Waals surface area (Å²) in [4.78, 5) is 1.17. The monoisotopic (exact) mass is 267 g/mol. The largest absolute Gasteiger partial charge is 0.323 e. The van der Waals surface area contributed by atoms with Gasteiger partial charge < -0.3 is 5.73 Å². The molecule has 0 aliphatic rings. The maximum Gasteiger partial charge on any atom is 0.0803 e. The fraction of sp³-hybridized carbons (Fsp3) is 0.500. The summed E-state index contributed by atoms with van der Waals surface area (Å²) in [5.74, 6) is 0. The molecule has 0 spiro atoms. The van der Waals surface area contributed by atoms with Gasteiger partial charge in [0, 0.05) is 6.04 Å². The number of rotatable bonds is 6. The Kier molecular flexibility index (Phi) is 4.65. The number of hydrogen-bond donors (Lipinski definition) is 1. The van der Waals surface area contributed by atoms with Gasteiger partial charge in [-0.1, -0.05) is 17.8 Å². The fourth-order valence-corrected chi connectivity index (χ4v) is 3.23.